The maximum absolute atomic E-state index is 11.4. The largest absolute Gasteiger partial charge is 0.459 e. The highest BCUT2D eigenvalue weighted by molar-refractivity contribution is 7.13. The van der Waals surface area contributed by atoms with E-state index in [0.717, 1.165) is 4.88 Å². The van der Waals surface area contributed by atoms with Gasteiger partial charge in [0, 0.05) is 11.5 Å². The quantitative estimate of drug-likeness (QED) is 0.557. The Morgan fingerprint density at radius 1 is 1.43 bits per heavy atom. The van der Waals surface area contributed by atoms with Crippen LogP contribution in [0.2, 0.25) is 0 Å². The third-order valence-electron chi connectivity index (χ3n) is 1.61. The van der Waals surface area contributed by atoms with Crippen molar-refractivity contribution in [1.29, 1.82) is 0 Å². The first kappa shape index (κ1) is 11.2. The maximum atomic E-state index is 11.4. The lowest BCUT2D eigenvalue weighted by molar-refractivity contribution is 0.0340. The molecule has 0 fully saturated rings. The van der Waals surface area contributed by atoms with Crippen LogP contribution in [0.4, 0.5) is 0 Å². The summed E-state index contributed by atoms with van der Waals surface area (Å²) in [7, 11) is 0. The smallest absolute Gasteiger partial charge is 0.348 e. The summed E-state index contributed by atoms with van der Waals surface area (Å²) in [6, 6.07) is 3.69. The molecule has 1 aromatic heterocycles. The van der Waals surface area contributed by atoms with Crippen molar-refractivity contribution in [2.75, 3.05) is 19.8 Å². The zero-order chi connectivity index (χ0) is 10.4. The van der Waals surface area contributed by atoms with E-state index >= 15 is 0 Å². The Morgan fingerprint density at radius 3 is 2.79 bits per heavy atom. The van der Waals surface area contributed by atoms with Crippen LogP contribution in [0.3, 0.4) is 0 Å². The Labute approximate surface area is 87.7 Å². The van der Waals surface area contributed by atoms with Gasteiger partial charge in [-0.1, -0.05) is 0 Å². The average molecular weight is 214 g/mol. The van der Waals surface area contributed by atoms with Gasteiger partial charge in [-0.15, -0.1) is 11.3 Å². The summed E-state index contributed by atoms with van der Waals surface area (Å²) in [4.78, 5) is 13.1. The topological polar surface area (TPSA) is 35.5 Å². The van der Waals surface area contributed by atoms with Crippen molar-refractivity contribution in [2.24, 2.45) is 0 Å². The van der Waals surface area contributed by atoms with Gasteiger partial charge in [0.25, 0.3) is 0 Å². The van der Waals surface area contributed by atoms with E-state index in [0.29, 0.717) is 24.7 Å². The molecule has 0 spiro atoms. The van der Waals surface area contributed by atoms with Crippen LogP contribution in [0.5, 0.6) is 0 Å². The van der Waals surface area contributed by atoms with Gasteiger partial charge < -0.3 is 9.47 Å². The lowest BCUT2D eigenvalue weighted by Crippen LogP contribution is -2.09. The molecule has 0 saturated carbocycles. The zero-order valence-electron chi connectivity index (χ0n) is 8.41. The highest BCUT2D eigenvalue weighted by atomic mass is 32.1. The maximum Gasteiger partial charge on any atom is 0.348 e. The molecule has 0 bridgehead atoms. The first-order valence-corrected chi connectivity index (χ1v) is 5.37. The molecule has 14 heavy (non-hydrogen) atoms. The molecule has 0 N–H and O–H groups in total. The lowest BCUT2D eigenvalue weighted by Gasteiger charge is -2.02. The van der Waals surface area contributed by atoms with Crippen LogP contribution < -0.4 is 0 Å². The standard InChI is InChI=1S/C10H14O3S/c1-3-12-6-7-13-10(11)9-5-4-8(2)14-9/h4-5H,3,6-7H2,1-2H3. The fourth-order valence-electron chi connectivity index (χ4n) is 0.953. The van der Waals surface area contributed by atoms with Crippen LogP contribution in [0.1, 0.15) is 21.5 Å². The van der Waals surface area contributed by atoms with Crippen LogP contribution in [-0.2, 0) is 9.47 Å². The Kier molecular flexibility index (Phi) is 4.62. The van der Waals surface area contributed by atoms with Crippen molar-refractivity contribution >= 4 is 17.3 Å². The van der Waals surface area contributed by atoms with Crippen molar-refractivity contribution in [2.45, 2.75) is 13.8 Å². The van der Waals surface area contributed by atoms with Crippen LogP contribution in [0, 0.1) is 6.92 Å². The molecule has 78 valence electrons. The van der Waals surface area contributed by atoms with E-state index < -0.39 is 0 Å². The van der Waals surface area contributed by atoms with Gasteiger partial charge in [0.2, 0.25) is 0 Å². The third-order valence-corrected chi connectivity index (χ3v) is 2.59. The molecule has 4 heteroatoms. The van der Waals surface area contributed by atoms with E-state index in [2.05, 4.69) is 0 Å². The second-order valence-electron chi connectivity index (χ2n) is 2.74. The minimum Gasteiger partial charge on any atom is -0.459 e. The van der Waals surface area contributed by atoms with Gasteiger partial charge in [-0.2, -0.15) is 0 Å². The highest BCUT2D eigenvalue weighted by Crippen LogP contribution is 2.15. The van der Waals surface area contributed by atoms with Gasteiger partial charge in [0.05, 0.1) is 6.61 Å². The summed E-state index contributed by atoms with van der Waals surface area (Å²) in [6.07, 6.45) is 0. The molecule has 3 nitrogen and oxygen atoms in total. The number of carbonyl (C=O) groups excluding carboxylic acids is 1. The van der Waals surface area contributed by atoms with Gasteiger partial charge in [0.1, 0.15) is 11.5 Å². The van der Waals surface area contributed by atoms with E-state index in [1.165, 1.54) is 11.3 Å². The molecular formula is C10H14O3S. The van der Waals surface area contributed by atoms with Gasteiger partial charge in [0.15, 0.2) is 0 Å². The average Bonchev–Trinajstić information content (AvgIpc) is 2.59. The molecule has 0 unspecified atom stereocenters. The molecule has 0 saturated heterocycles. The lowest BCUT2D eigenvalue weighted by atomic mass is 10.4. The molecule has 1 heterocycles. The number of aryl methyl sites for hydroxylation is 1. The summed E-state index contributed by atoms with van der Waals surface area (Å²) >= 11 is 1.44. The summed E-state index contributed by atoms with van der Waals surface area (Å²) < 4.78 is 10.0. The van der Waals surface area contributed by atoms with E-state index in [-0.39, 0.29) is 5.97 Å². The molecule has 1 rings (SSSR count). The van der Waals surface area contributed by atoms with Gasteiger partial charge in [-0.05, 0) is 26.0 Å². The first-order valence-electron chi connectivity index (χ1n) is 4.55. The predicted molar refractivity (Wildman–Crippen MR) is 55.8 cm³/mol. The summed E-state index contributed by atoms with van der Waals surface area (Å²) in [5.41, 5.74) is 0. The molecule has 0 amide bonds. The molecule has 0 aliphatic carbocycles. The fraction of sp³-hybridized carbons (Fsp3) is 0.500. The third kappa shape index (κ3) is 3.47. The Bertz CT molecular complexity index is 293. The normalized spacial score (nSPS) is 10.1. The number of esters is 1. The molecule has 0 aromatic carbocycles. The molecule has 0 aliphatic heterocycles. The summed E-state index contributed by atoms with van der Waals surface area (Å²) in [5.74, 6) is -0.261. The van der Waals surface area contributed by atoms with Crippen LogP contribution in [0.15, 0.2) is 12.1 Å². The highest BCUT2D eigenvalue weighted by Gasteiger charge is 2.08. The van der Waals surface area contributed by atoms with E-state index in [1.54, 1.807) is 6.07 Å². The van der Waals surface area contributed by atoms with E-state index in [9.17, 15) is 4.79 Å². The number of hydrogen-bond donors (Lipinski definition) is 0. The second-order valence-corrected chi connectivity index (χ2v) is 4.03. The van der Waals surface area contributed by atoms with Crippen molar-refractivity contribution in [3.63, 3.8) is 0 Å². The zero-order valence-corrected chi connectivity index (χ0v) is 9.23. The Balaban J connectivity index is 2.29. The fourth-order valence-corrected chi connectivity index (χ4v) is 1.71. The van der Waals surface area contributed by atoms with Crippen LogP contribution in [0.25, 0.3) is 0 Å². The van der Waals surface area contributed by atoms with Crippen LogP contribution >= 0.6 is 11.3 Å². The summed E-state index contributed by atoms with van der Waals surface area (Å²) in [6.45, 7) is 5.30. The molecule has 0 aliphatic rings. The SMILES string of the molecule is CCOCCOC(=O)c1ccc(C)s1. The van der Waals surface area contributed by atoms with Gasteiger partial charge in [-0.3, -0.25) is 0 Å². The van der Waals surface area contributed by atoms with Crippen molar-refractivity contribution in [3.05, 3.63) is 21.9 Å². The van der Waals surface area contributed by atoms with Crippen molar-refractivity contribution in [3.8, 4) is 0 Å². The number of rotatable bonds is 5. The van der Waals surface area contributed by atoms with Gasteiger partial charge >= 0.3 is 5.97 Å². The predicted octanol–water partition coefficient (Wildman–Crippen LogP) is 2.25. The molecule has 1 aromatic rings. The number of thiophene rings is 1. The second kappa shape index (κ2) is 5.78. The monoisotopic (exact) mass is 214 g/mol. The number of hydrogen-bond acceptors (Lipinski definition) is 4. The Morgan fingerprint density at radius 2 is 2.21 bits per heavy atom. The molecule has 0 atom stereocenters. The van der Waals surface area contributed by atoms with Crippen LogP contribution in [-0.4, -0.2) is 25.8 Å². The minimum atomic E-state index is -0.261. The van der Waals surface area contributed by atoms with Gasteiger partial charge in [-0.25, -0.2) is 4.79 Å². The van der Waals surface area contributed by atoms with E-state index in [1.807, 2.05) is 19.9 Å². The van der Waals surface area contributed by atoms with Crippen molar-refractivity contribution in [1.82, 2.24) is 0 Å². The minimum absolute atomic E-state index is 0.261. The van der Waals surface area contributed by atoms with Crippen molar-refractivity contribution < 1.29 is 14.3 Å². The molecular weight excluding hydrogens is 200 g/mol. The first-order chi connectivity index (χ1) is 6.74. The summed E-state index contributed by atoms with van der Waals surface area (Å²) in [5, 5.41) is 0. The van der Waals surface area contributed by atoms with E-state index in [4.69, 9.17) is 9.47 Å². The number of carbonyl (C=O) groups is 1. The number of ether oxygens (including phenoxy) is 2. The molecule has 0 radical (unpaired) electrons. The Hall–Kier alpha value is -0.870.